The molecule has 1 atom stereocenters. The lowest BCUT2D eigenvalue weighted by Gasteiger charge is -2.45. The van der Waals surface area contributed by atoms with E-state index in [4.69, 9.17) is 5.73 Å². The van der Waals surface area contributed by atoms with Gasteiger partial charge in [-0.05, 0) is 52.0 Å². The molecule has 0 bridgehead atoms. The van der Waals surface area contributed by atoms with Crippen LogP contribution in [0.5, 0.6) is 0 Å². The van der Waals surface area contributed by atoms with Crippen LogP contribution in [0.1, 0.15) is 65.7 Å². The molecule has 0 aromatic heterocycles. The second kappa shape index (κ2) is 8.74. The van der Waals surface area contributed by atoms with E-state index >= 15 is 0 Å². The number of nitrogens with two attached hydrogens (primary N) is 1. The van der Waals surface area contributed by atoms with E-state index in [0.29, 0.717) is 13.1 Å². The maximum atomic E-state index is 12.2. The molecule has 1 unspecified atom stereocenters. The SMILES string of the molecule is CCCC(C)NC(=O)CN(C)C1(CN)CCC(CC)CC1. The molecule has 4 nitrogen and oxygen atoms in total. The molecule has 0 spiro atoms. The van der Waals surface area contributed by atoms with E-state index in [2.05, 4.69) is 38.0 Å². The van der Waals surface area contributed by atoms with Crippen LogP contribution in [-0.4, -0.2) is 42.5 Å². The van der Waals surface area contributed by atoms with E-state index in [1.54, 1.807) is 0 Å². The van der Waals surface area contributed by atoms with Crippen LogP contribution in [0.3, 0.4) is 0 Å². The second-order valence-corrected chi connectivity index (χ2v) is 6.89. The average molecular weight is 297 g/mol. The first-order chi connectivity index (χ1) is 9.97. The Kier molecular flexibility index (Phi) is 7.67. The van der Waals surface area contributed by atoms with Gasteiger partial charge in [0.1, 0.15) is 0 Å². The maximum absolute atomic E-state index is 12.2. The van der Waals surface area contributed by atoms with Crippen molar-refractivity contribution in [2.75, 3.05) is 20.1 Å². The molecule has 21 heavy (non-hydrogen) atoms. The van der Waals surface area contributed by atoms with Gasteiger partial charge in [-0.2, -0.15) is 0 Å². The van der Waals surface area contributed by atoms with Gasteiger partial charge >= 0.3 is 0 Å². The summed E-state index contributed by atoms with van der Waals surface area (Å²) in [7, 11) is 2.06. The van der Waals surface area contributed by atoms with Crippen LogP contribution in [-0.2, 0) is 4.79 Å². The third-order valence-corrected chi connectivity index (χ3v) is 5.31. The normalized spacial score (nSPS) is 27.6. The second-order valence-electron chi connectivity index (χ2n) is 6.89. The molecule has 1 amide bonds. The lowest BCUT2D eigenvalue weighted by atomic mass is 9.74. The van der Waals surface area contributed by atoms with E-state index in [0.717, 1.165) is 31.6 Å². The first-order valence-corrected chi connectivity index (χ1v) is 8.68. The van der Waals surface area contributed by atoms with Crippen molar-refractivity contribution in [3.63, 3.8) is 0 Å². The summed E-state index contributed by atoms with van der Waals surface area (Å²) in [4.78, 5) is 14.4. The van der Waals surface area contributed by atoms with Crippen molar-refractivity contribution in [3.05, 3.63) is 0 Å². The number of likely N-dealkylation sites (N-methyl/N-ethyl adjacent to an activating group) is 1. The highest BCUT2D eigenvalue weighted by atomic mass is 16.2. The Morgan fingerprint density at radius 1 is 1.38 bits per heavy atom. The summed E-state index contributed by atoms with van der Waals surface area (Å²) in [5, 5.41) is 3.09. The summed E-state index contributed by atoms with van der Waals surface area (Å²) in [5.74, 6) is 0.973. The third-order valence-electron chi connectivity index (χ3n) is 5.31. The summed E-state index contributed by atoms with van der Waals surface area (Å²) in [6.07, 6.45) is 8.13. The van der Waals surface area contributed by atoms with E-state index in [1.165, 1.54) is 19.3 Å². The van der Waals surface area contributed by atoms with Gasteiger partial charge in [0.05, 0.1) is 6.54 Å². The number of hydrogen-bond acceptors (Lipinski definition) is 3. The fraction of sp³-hybridized carbons (Fsp3) is 0.941. The minimum atomic E-state index is 0.0248. The molecule has 1 rings (SSSR count). The Hall–Kier alpha value is -0.610. The maximum Gasteiger partial charge on any atom is 0.234 e. The lowest BCUT2D eigenvalue weighted by molar-refractivity contribution is -0.124. The topological polar surface area (TPSA) is 58.4 Å². The largest absolute Gasteiger partial charge is 0.353 e. The number of rotatable bonds is 8. The molecule has 0 radical (unpaired) electrons. The molecule has 1 aliphatic carbocycles. The Morgan fingerprint density at radius 3 is 2.48 bits per heavy atom. The molecule has 0 aromatic carbocycles. The van der Waals surface area contributed by atoms with E-state index in [1.807, 2.05) is 0 Å². The van der Waals surface area contributed by atoms with E-state index in [-0.39, 0.29) is 17.5 Å². The Morgan fingerprint density at radius 2 is 2.00 bits per heavy atom. The molecule has 1 aliphatic rings. The molecule has 3 N–H and O–H groups in total. The minimum absolute atomic E-state index is 0.0248. The van der Waals surface area contributed by atoms with E-state index in [9.17, 15) is 4.79 Å². The first kappa shape index (κ1) is 18.4. The van der Waals surface area contributed by atoms with Crippen LogP contribution < -0.4 is 11.1 Å². The summed E-state index contributed by atoms with van der Waals surface area (Å²) in [5.41, 5.74) is 6.10. The molecule has 124 valence electrons. The third kappa shape index (κ3) is 5.26. The van der Waals surface area contributed by atoms with Crippen LogP contribution >= 0.6 is 0 Å². The molecule has 0 heterocycles. The fourth-order valence-electron chi connectivity index (χ4n) is 3.57. The average Bonchev–Trinajstić information content (AvgIpc) is 2.47. The van der Waals surface area contributed by atoms with Crippen molar-refractivity contribution < 1.29 is 4.79 Å². The molecular formula is C17H35N3O. The van der Waals surface area contributed by atoms with Gasteiger partial charge in [-0.25, -0.2) is 0 Å². The monoisotopic (exact) mass is 297 g/mol. The highest BCUT2D eigenvalue weighted by Crippen LogP contribution is 2.36. The molecule has 1 saturated carbocycles. The molecule has 0 saturated heterocycles. The highest BCUT2D eigenvalue weighted by Gasteiger charge is 2.37. The Labute approximate surface area is 130 Å². The summed E-state index contributed by atoms with van der Waals surface area (Å²) in [6.45, 7) is 7.60. The number of nitrogens with zero attached hydrogens (tertiary/aromatic N) is 1. The van der Waals surface area contributed by atoms with Gasteiger partial charge in [-0.15, -0.1) is 0 Å². The molecule has 1 fully saturated rings. The predicted molar refractivity (Wildman–Crippen MR) is 89.2 cm³/mol. The highest BCUT2D eigenvalue weighted by molar-refractivity contribution is 5.78. The number of hydrogen-bond donors (Lipinski definition) is 2. The van der Waals surface area contributed by atoms with Gasteiger partial charge in [-0.3, -0.25) is 9.69 Å². The van der Waals surface area contributed by atoms with Gasteiger partial charge in [0.25, 0.3) is 0 Å². The van der Waals surface area contributed by atoms with Gasteiger partial charge in [0.15, 0.2) is 0 Å². The zero-order valence-electron chi connectivity index (χ0n) is 14.5. The van der Waals surface area contributed by atoms with Crippen LogP contribution in [0, 0.1) is 5.92 Å². The molecular weight excluding hydrogens is 262 g/mol. The van der Waals surface area contributed by atoms with Crippen molar-refractivity contribution in [2.45, 2.75) is 77.3 Å². The summed E-state index contributed by atoms with van der Waals surface area (Å²) >= 11 is 0. The molecule has 0 aromatic rings. The lowest BCUT2D eigenvalue weighted by Crippen LogP contribution is -2.56. The molecule has 0 aliphatic heterocycles. The van der Waals surface area contributed by atoms with Gasteiger partial charge in [0.2, 0.25) is 5.91 Å². The predicted octanol–water partition coefficient (Wildman–Crippen LogP) is 2.52. The van der Waals surface area contributed by atoms with Crippen LogP contribution in [0.2, 0.25) is 0 Å². The standard InChI is InChI=1S/C17H35N3O/c1-5-7-14(3)19-16(21)12-20(4)17(13-18)10-8-15(6-2)9-11-17/h14-15H,5-13,18H2,1-4H3,(H,19,21). The number of amides is 1. The van der Waals surface area contributed by atoms with Gasteiger partial charge in [0, 0.05) is 18.1 Å². The van der Waals surface area contributed by atoms with Crippen molar-refractivity contribution in [1.29, 1.82) is 0 Å². The summed E-state index contributed by atoms with van der Waals surface area (Å²) in [6, 6.07) is 0.264. The Bertz CT molecular complexity index is 311. The van der Waals surface area contributed by atoms with Crippen molar-refractivity contribution in [1.82, 2.24) is 10.2 Å². The zero-order chi connectivity index (χ0) is 15.9. The molecule has 4 heteroatoms. The van der Waals surface area contributed by atoms with Crippen LogP contribution in [0.25, 0.3) is 0 Å². The van der Waals surface area contributed by atoms with Crippen molar-refractivity contribution >= 4 is 5.91 Å². The number of carbonyl (C=O) groups excluding carboxylic acids is 1. The fourth-order valence-corrected chi connectivity index (χ4v) is 3.57. The smallest absolute Gasteiger partial charge is 0.234 e. The van der Waals surface area contributed by atoms with Crippen LogP contribution in [0.4, 0.5) is 0 Å². The van der Waals surface area contributed by atoms with E-state index < -0.39 is 0 Å². The van der Waals surface area contributed by atoms with Crippen LogP contribution in [0.15, 0.2) is 0 Å². The quantitative estimate of drug-likeness (QED) is 0.724. The van der Waals surface area contributed by atoms with Crippen molar-refractivity contribution in [2.24, 2.45) is 11.7 Å². The Balaban J connectivity index is 2.51. The van der Waals surface area contributed by atoms with Gasteiger partial charge < -0.3 is 11.1 Å². The first-order valence-electron chi connectivity index (χ1n) is 8.68. The summed E-state index contributed by atoms with van der Waals surface area (Å²) < 4.78 is 0. The van der Waals surface area contributed by atoms with Crippen molar-refractivity contribution in [3.8, 4) is 0 Å². The number of carbonyl (C=O) groups is 1. The minimum Gasteiger partial charge on any atom is -0.353 e. The number of nitrogens with one attached hydrogen (secondary N) is 1. The van der Waals surface area contributed by atoms with Gasteiger partial charge in [-0.1, -0.05) is 26.7 Å². The zero-order valence-corrected chi connectivity index (χ0v) is 14.5.